The van der Waals surface area contributed by atoms with Crippen LogP contribution in [0.5, 0.6) is 5.75 Å². The molecule has 1 N–H and O–H groups in total. The Hall–Kier alpha value is -1.66. The average molecular weight is 294 g/mol. The van der Waals surface area contributed by atoms with Crippen molar-refractivity contribution in [2.45, 2.75) is 32.0 Å². The number of aromatic nitrogens is 4. The van der Waals surface area contributed by atoms with Crippen LogP contribution >= 0.6 is 11.6 Å². The monoisotopic (exact) mass is 293 g/mol. The Morgan fingerprint density at radius 3 is 3.10 bits per heavy atom. The number of nitrogens with zero attached hydrogens (tertiary/aromatic N) is 4. The van der Waals surface area contributed by atoms with E-state index in [1.54, 1.807) is 23.1 Å². The number of halogens is 1. The van der Waals surface area contributed by atoms with Gasteiger partial charge < -0.3 is 10.1 Å². The van der Waals surface area contributed by atoms with Gasteiger partial charge in [-0.05, 0) is 12.8 Å². The highest BCUT2D eigenvalue weighted by Crippen LogP contribution is 2.19. The zero-order chi connectivity index (χ0) is 13.8. The van der Waals surface area contributed by atoms with E-state index < -0.39 is 0 Å². The molecule has 1 fully saturated rings. The van der Waals surface area contributed by atoms with Crippen LogP contribution in [0.3, 0.4) is 0 Å². The first-order valence-electron chi connectivity index (χ1n) is 6.65. The lowest BCUT2D eigenvalue weighted by Gasteiger charge is -2.05. The van der Waals surface area contributed by atoms with Crippen molar-refractivity contribution in [3.05, 3.63) is 35.4 Å². The van der Waals surface area contributed by atoms with E-state index >= 15 is 0 Å². The van der Waals surface area contributed by atoms with Crippen LogP contribution in [0.4, 0.5) is 0 Å². The number of pyridine rings is 1. The van der Waals surface area contributed by atoms with Crippen LogP contribution in [0.15, 0.2) is 24.7 Å². The SMILES string of the molecule is Clc1cncc(OCCn2cc(CNC3CC3)nn2)c1. The van der Waals surface area contributed by atoms with Crippen LogP contribution in [0, 0.1) is 0 Å². The molecule has 1 aliphatic rings. The molecule has 2 heterocycles. The number of hydrogen-bond acceptors (Lipinski definition) is 5. The third-order valence-corrected chi connectivity index (χ3v) is 3.21. The maximum atomic E-state index is 5.83. The van der Waals surface area contributed by atoms with E-state index in [-0.39, 0.29) is 0 Å². The Balaban J connectivity index is 1.43. The maximum absolute atomic E-state index is 5.83. The molecule has 106 valence electrons. The van der Waals surface area contributed by atoms with Crippen molar-refractivity contribution >= 4 is 11.6 Å². The zero-order valence-corrected chi connectivity index (χ0v) is 11.8. The lowest BCUT2D eigenvalue weighted by atomic mass is 10.4. The Morgan fingerprint density at radius 2 is 2.30 bits per heavy atom. The minimum Gasteiger partial charge on any atom is -0.490 e. The van der Waals surface area contributed by atoms with Gasteiger partial charge in [-0.2, -0.15) is 0 Å². The van der Waals surface area contributed by atoms with Gasteiger partial charge in [0.05, 0.1) is 23.5 Å². The van der Waals surface area contributed by atoms with Crippen molar-refractivity contribution in [3.63, 3.8) is 0 Å². The average Bonchev–Trinajstić information content (AvgIpc) is 3.16. The minimum absolute atomic E-state index is 0.501. The van der Waals surface area contributed by atoms with Gasteiger partial charge in [0.25, 0.3) is 0 Å². The smallest absolute Gasteiger partial charge is 0.139 e. The summed E-state index contributed by atoms with van der Waals surface area (Å²) in [5.41, 5.74) is 0.960. The van der Waals surface area contributed by atoms with Gasteiger partial charge >= 0.3 is 0 Å². The Labute approximate surface area is 122 Å². The molecule has 0 aromatic carbocycles. The maximum Gasteiger partial charge on any atom is 0.139 e. The Kier molecular flexibility index (Phi) is 4.13. The topological polar surface area (TPSA) is 64.9 Å². The van der Waals surface area contributed by atoms with Crippen molar-refractivity contribution in [2.24, 2.45) is 0 Å². The molecule has 2 aromatic heterocycles. The third-order valence-electron chi connectivity index (χ3n) is 3.00. The van der Waals surface area contributed by atoms with Crippen molar-refractivity contribution < 1.29 is 4.74 Å². The molecule has 0 unspecified atom stereocenters. The van der Waals surface area contributed by atoms with E-state index in [1.807, 2.05) is 6.20 Å². The van der Waals surface area contributed by atoms with Gasteiger partial charge in [-0.15, -0.1) is 5.10 Å². The molecule has 0 saturated heterocycles. The van der Waals surface area contributed by atoms with E-state index in [4.69, 9.17) is 16.3 Å². The molecule has 0 radical (unpaired) electrons. The summed E-state index contributed by atoms with van der Waals surface area (Å²) in [6.45, 7) is 1.92. The van der Waals surface area contributed by atoms with Crippen LogP contribution in [0.2, 0.25) is 5.02 Å². The number of ether oxygens (including phenoxy) is 1. The minimum atomic E-state index is 0.501. The van der Waals surface area contributed by atoms with Gasteiger partial charge in [-0.1, -0.05) is 16.8 Å². The number of nitrogens with one attached hydrogen (secondary N) is 1. The van der Waals surface area contributed by atoms with Gasteiger partial charge in [-0.3, -0.25) is 4.98 Å². The Bertz CT molecular complexity index is 569. The second-order valence-corrected chi connectivity index (χ2v) is 5.25. The van der Waals surface area contributed by atoms with Gasteiger partial charge in [0.1, 0.15) is 12.4 Å². The van der Waals surface area contributed by atoms with Crippen LogP contribution in [-0.2, 0) is 13.1 Å². The van der Waals surface area contributed by atoms with E-state index in [2.05, 4.69) is 20.6 Å². The lowest BCUT2D eigenvalue weighted by molar-refractivity contribution is 0.288. The second kappa shape index (κ2) is 6.19. The fraction of sp³-hybridized carbons (Fsp3) is 0.462. The third kappa shape index (κ3) is 3.91. The molecule has 2 aromatic rings. The van der Waals surface area contributed by atoms with Crippen LogP contribution < -0.4 is 10.1 Å². The van der Waals surface area contributed by atoms with Crippen LogP contribution in [-0.4, -0.2) is 32.6 Å². The van der Waals surface area contributed by atoms with Crippen molar-refractivity contribution in [1.29, 1.82) is 0 Å². The first kappa shape index (κ1) is 13.3. The Morgan fingerprint density at radius 1 is 1.40 bits per heavy atom. The zero-order valence-electron chi connectivity index (χ0n) is 11.0. The molecule has 0 spiro atoms. The van der Waals surface area contributed by atoms with E-state index in [0.717, 1.165) is 12.2 Å². The molecule has 20 heavy (non-hydrogen) atoms. The molecular weight excluding hydrogens is 278 g/mol. The fourth-order valence-electron chi connectivity index (χ4n) is 1.79. The summed E-state index contributed by atoms with van der Waals surface area (Å²) in [4.78, 5) is 3.96. The molecule has 0 atom stereocenters. The molecule has 0 bridgehead atoms. The van der Waals surface area contributed by atoms with Gasteiger partial charge in [0.15, 0.2) is 0 Å². The first-order valence-corrected chi connectivity index (χ1v) is 7.03. The highest BCUT2D eigenvalue weighted by Gasteiger charge is 2.20. The predicted molar refractivity (Wildman–Crippen MR) is 74.6 cm³/mol. The summed E-state index contributed by atoms with van der Waals surface area (Å²) < 4.78 is 7.34. The van der Waals surface area contributed by atoms with Crippen molar-refractivity contribution in [1.82, 2.24) is 25.3 Å². The van der Waals surface area contributed by atoms with E-state index in [9.17, 15) is 0 Å². The molecular formula is C13H16ClN5O. The standard InChI is InChI=1S/C13H16ClN5O/c14-10-5-13(8-15-6-10)20-4-3-19-9-12(17-18-19)7-16-11-1-2-11/h5-6,8-9,11,16H,1-4,7H2. The summed E-state index contributed by atoms with van der Waals surface area (Å²) in [5, 5.41) is 12.2. The van der Waals surface area contributed by atoms with E-state index in [1.165, 1.54) is 12.8 Å². The highest BCUT2D eigenvalue weighted by atomic mass is 35.5. The fourth-order valence-corrected chi connectivity index (χ4v) is 1.96. The molecule has 3 rings (SSSR count). The second-order valence-electron chi connectivity index (χ2n) is 4.82. The molecule has 0 aliphatic heterocycles. The van der Waals surface area contributed by atoms with E-state index in [0.29, 0.717) is 30.0 Å². The number of hydrogen-bond donors (Lipinski definition) is 1. The quantitative estimate of drug-likeness (QED) is 0.841. The van der Waals surface area contributed by atoms with Gasteiger partial charge in [-0.25, -0.2) is 4.68 Å². The molecule has 1 aliphatic carbocycles. The molecule has 1 saturated carbocycles. The molecule has 7 heteroatoms. The first-order chi connectivity index (χ1) is 9.79. The molecule has 0 amide bonds. The van der Waals surface area contributed by atoms with Crippen molar-refractivity contribution in [3.8, 4) is 5.75 Å². The van der Waals surface area contributed by atoms with Crippen molar-refractivity contribution in [2.75, 3.05) is 6.61 Å². The van der Waals surface area contributed by atoms with Crippen LogP contribution in [0.1, 0.15) is 18.5 Å². The summed E-state index contributed by atoms with van der Waals surface area (Å²) in [6, 6.07) is 2.42. The number of rotatable bonds is 7. The van der Waals surface area contributed by atoms with Crippen LogP contribution in [0.25, 0.3) is 0 Å². The summed E-state index contributed by atoms with van der Waals surface area (Å²) in [5.74, 6) is 0.660. The summed E-state index contributed by atoms with van der Waals surface area (Å²) in [7, 11) is 0. The normalized spacial score (nSPS) is 14.4. The predicted octanol–water partition coefficient (Wildman–Crippen LogP) is 1.66. The van der Waals surface area contributed by atoms with Gasteiger partial charge in [0.2, 0.25) is 0 Å². The highest BCUT2D eigenvalue weighted by molar-refractivity contribution is 6.30. The largest absolute Gasteiger partial charge is 0.490 e. The molecule has 6 nitrogen and oxygen atoms in total. The lowest BCUT2D eigenvalue weighted by Crippen LogP contribution is -2.15. The van der Waals surface area contributed by atoms with Gasteiger partial charge in [0, 0.05) is 31.0 Å². The summed E-state index contributed by atoms with van der Waals surface area (Å²) >= 11 is 5.83. The summed E-state index contributed by atoms with van der Waals surface area (Å²) in [6.07, 6.45) is 7.70.